The van der Waals surface area contributed by atoms with E-state index in [1.54, 1.807) is 55.6 Å². The number of rotatable bonds is 8. The van der Waals surface area contributed by atoms with Crippen molar-refractivity contribution in [3.8, 4) is 11.5 Å². The zero-order valence-corrected chi connectivity index (χ0v) is 22.1. The maximum absolute atomic E-state index is 13.3. The van der Waals surface area contributed by atoms with E-state index in [2.05, 4.69) is 0 Å². The molecule has 0 N–H and O–H groups in total. The second-order valence-electron chi connectivity index (χ2n) is 10.4. The summed E-state index contributed by atoms with van der Waals surface area (Å²) >= 11 is 0. The van der Waals surface area contributed by atoms with E-state index in [1.165, 1.54) is 0 Å². The van der Waals surface area contributed by atoms with Gasteiger partial charge in [0.05, 0.1) is 43.8 Å². The summed E-state index contributed by atoms with van der Waals surface area (Å²) in [6.07, 6.45) is -2.06. The summed E-state index contributed by atoms with van der Waals surface area (Å²) in [5.74, 6) is -1.83. The second kappa shape index (κ2) is 10.3. The Balaban J connectivity index is 1.34. The molecular formula is C31H32O8. The third kappa shape index (κ3) is 4.89. The lowest BCUT2D eigenvalue weighted by atomic mass is 9.64. The minimum Gasteiger partial charge on any atom is -0.497 e. The fraction of sp³-hybridized carbons (Fsp3) is 0.387. The van der Waals surface area contributed by atoms with Crippen molar-refractivity contribution in [3.63, 3.8) is 0 Å². The highest BCUT2D eigenvalue weighted by molar-refractivity contribution is 5.89. The van der Waals surface area contributed by atoms with E-state index < -0.39 is 35.9 Å². The Morgan fingerprint density at radius 1 is 0.897 bits per heavy atom. The molecule has 0 spiro atoms. The average Bonchev–Trinajstić information content (AvgIpc) is 3.21. The van der Waals surface area contributed by atoms with Gasteiger partial charge in [-0.1, -0.05) is 48.5 Å². The maximum atomic E-state index is 13.3. The van der Waals surface area contributed by atoms with Crippen molar-refractivity contribution in [2.24, 2.45) is 11.8 Å². The summed E-state index contributed by atoms with van der Waals surface area (Å²) in [7, 11) is 1.60. The highest BCUT2D eigenvalue weighted by atomic mass is 16.8. The van der Waals surface area contributed by atoms with Gasteiger partial charge in [-0.3, -0.25) is 0 Å². The lowest BCUT2D eigenvalue weighted by Crippen LogP contribution is -2.73. The summed E-state index contributed by atoms with van der Waals surface area (Å²) in [5.41, 5.74) is 1.43. The number of methoxy groups -OCH3 is 1. The van der Waals surface area contributed by atoms with Crippen LogP contribution in [0.15, 0.2) is 84.9 Å². The molecule has 8 heteroatoms. The molecule has 6 unspecified atom stereocenters. The first kappa shape index (κ1) is 25.8. The molecule has 2 saturated heterocycles. The number of ether oxygens (including phenoxy) is 7. The molecule has 3 aliphatic rings. The topological polar surface area (TPSA) is 81.7 Å². The van der Waals surface area contributed by atoms with Crippen molar-refractivity contribution < 1.29 is 38.0 Å². The van der Waals surface area contributed by atoms with Gasteiger partial charge in [0.1, 0.15) is 11.5 Å². The number of carbonyl (C=O) groups excluding carboxylic acids is 1. The molecule has 0 radical (unpaired) electrons. The molecule has 6 rings (SSSR count). The largest absolute Gasteiger partial charge is 0.497 e. The lowest BCUT2D eigenvalue weighted by molar-refractivity contribution is -0.436. The fourth-order valence-corrected chi connectivity index (χ4v) is 5.64. The molecule has 204 valence electrons. The monoisotopic (exact) mass is 532 g/mol. The fourth-order valence-electron chi connectivity index (χ4n) is 5.64. The summed E-state index contributed by atoms with van der Waals surface area (Å²) in [6, 6.07) is 25.9. The first-order valence-electron chi connectivity index (χ1n) is 13.1. The Bertz CT molecular complexity index is 1280. The molecule has 3 aromatic rings. The van der Waals surface area contributed by atoms with Crippen LogP contribution in [0.4, 0.5) is 0 Å². The smallest absolute Gasteiger partial charge is 0.338 e. The van der Waals surface area contributed by atoms with Gasteiger partial charge in [-0.2, -0.15) is 0 Å². The van der Waals surface area contributed by atoms with Gasteiger partial charge in [0.25, 0.3) is 0 Å². The van der Waals surface area contributed by atoms with Crippen LogP contribution in [-0.4, -0.2) is 49.8 Å². The SMILES string of the molecule is COc1ccc(OC2OC3(OCc4ccccc4)C4COC(C)(C)OC4C3C2OC(=O)c2ccccc2)cc1. The predicted octanol–water partition coefficient (Wildman–Crippen LogP) is 4.97. The van der Waals surface area contributed by atoms with Crippen molar-refractivity contribution in [1.82, 2.24) is 0 Å². The normalized spacial score (nSPS) is 30.4. The van der Waals surface area contributed by atoms with Crippen LogP contribution < -0.4 is 9.47 Å². The molecule has 39 heavy (non-hydrogen) atoms. The summed E-state index contributed by atoms with van der Waals surface area (Å²) in [5, 5.41) is 0. The minimum absolute atomic E-state index is 0.235. The van der Waals surface area contributed by atoms with Gasteiger partial charge in [0.2, 0.25) is 6.29 Å². The van der Waals surface area contributed by atoms with E-state index in [4.69, 9.17) is 33.2 Å². The molecule has 2 aliphatic heterocycles. The van der Waals surface area contributed by atoms with Crippen LogP contribution in [0.25, 0.3) is 0 Å². The van der Waals surface area contributed by atoms with E-state index in [-0.39, 0.29) is 12.0 Å². The van der Waals surface area contributed by atoms with Crippen LogP contribution >= 0.6 is 0 Å². The van der Waals surface area contributed by atoms with Crippen LogP contribution in [0.2, 0.25) is 0 Å². The van der Waals surface area contributed by atoms with E-state index in [0.717, 1.165) is 5.56 Å². The van der Waals surface area contributed by atoms with Crippen LogP contribution in [0, 0.1) is 11.8 Å². The molecular weight excluding hydrogens is 500 g/mol. The third-order valence-corrected chi connectivity index (χ3v) is 7.56. The zero-order chi connectivity index (χ0) is 27.0. The first-order valence-corrected chi connectivity index (χ1v) is 13.1. The molecule has 2 heterocycles. The maximum Gasteiger partial charge on any atom is 0.338 e. The second-order valence-corrected chi connectivity index (χ2v) is 10.4. The van der Waals surface area contributed by atoms with Gasteiger partial charge in [-0.05, 0) is 55.8 Å². The number of fused-ring (bicyclic) bond motifs is 4. The van der Waals surface area contributed by atoms with Crippen LogP contribution in [0.3, 0.4) is 0 Å². The molecule has 1 saturated carbocycles. The van der Waals surface area contributed by atoms with Crippen molar-refractivity contribution in [3.05, 3.63) is 96.1 Å². The van der Waals surface area contributed by atoms with Crippen molar-refractivity contribution in [1.29, 1.82) is 0 Å². The summed E-state index contributed by atoms with van der Waals surface area (Å²) < 4.78 is 43.3. The number of carbonyl (C=O) groups is 1. The highest BCUT2D eigenvalue weighted by Crippen LogP contribution is 2.60. The Kier molecular flexibility index (Phi) is 6.81. The van der Waals surface area contributed by atoms with E-state index in [1.807, 2.05) is 50.2 Å². The highest BCUT2D eigenvalue weighted by Gasteiger charge is 2.77. The number of hydrogen-bond acceptors (Lipinski definition) is 8. The number of esters is 1. The Hall–Kier alpha value is -3.43. The Morgan fingerprint density at radius 2 is 1.56 bits per heavy atom. The van der Waals surface area contributed by atoms with Gasteiger partial charge in [-0.25, -0.2) is 4.79 Å². The molecule has 3 aromatic carbocycles. The summed E-state index contributed by atoms with van der Waals surface area (Å²) in [6.45, 7) is 4.43. The van der Waals surface area contributed by atoms with Crippen molar-refractivity contribution in [2.45, 2.75) is 50.5 Å². The Morgan fingerprint density at radius 3 is 2.26 bits per heavy atom. The lowest BCUT2D eigenvalue weighted by Gasteiger charge is -2.59. The van der Waals surface area contributed by atoms with Gasteiger partial charge in [0.15, 0.2) is 17.7 Å². The van der Waals surface area contributed by atoms with Gasteiger partial charge in [-0.15, -0.1) is 0 Å². The average molecular weight is 533 g/mol. The Labute approximate surface area is 227 Å². The van der Waals surface area contributed by atoms with Gasteiger partial charge >= 0.3 is 5.97 Å². The molecule has 0 amide bonds. The van der Waals surface area contributed by atoms with Crippen LogP contribution in [0.1, 0.15) is 29.8 Å². The minimum atomic E-state index is -1.13. The molecule has 1 aliphatic carbocycles. The van der Waals surface area contributed by atoms with Gasteiger partial charge in [0, 0.05) is 0 Å². The van der Waals surface area contributed by atoms with E-state index in [9.17, 15) is 4.79 Å². The molecule has 6 atom stereocenters. The third-order valence-electron chi connectivity index (χ3n) is 7.56. The first-order chi connectivity index (χ1) is 18.9. The van der Waals surface area contributed by atoms with Crippen LogP contribution in [0.5, 0.6) is 11.5 Å². The molecule has 0 bridgehead atoms. The van der Waals surface area contributed by atoms with Crippen molar-refractivity contribution >= 4 is 5.97 Å². The number of benzene rings is 3. The number of hydrogen-bond donors (Lipinski definition) is 0. The quantitative estimate of drug-likeness (QED) is 0.377. The van der Waals surface area contributed by atoms with Gasteiger partial charge < -0.3 is 33.2 Å². The summed E-state index contributed by atoms with van der Waals surface area (Å²) in [4.78, 5) is 13.3. The molecule has 0 aromatic heterocycles. The standard InChI is InChI=1S/C31H32O8/c1-30(2)34-19-24-26(38-30)25-27(37-28(32)21-12-8-5-9-13-21)29(36-23-16-14-22(33-3)15-17-23)39-31(24,25)35-18-20-10-6-4-7-11-20/h4-17,24-27,29H,18-19H2,1-3H3. The van der Waals surface area contributed by atoms with Crippen LogP contribution in [-0.2, 0) is 30.3 Å². The molecule has 3 fully saturated rings. The van der Waals surface area contributed by atoms with E-state index in [0.29, 0.717) is 30.3 Å². The van der Waals surface area contributed by atoms with E-state index >= 15 is 0 Å². The molecule has 8 nitrogen and oxygen atoms in total. The zero-order valence-electron chi connectivity index (χ0n) is 22.1. The van der Waals surface area contributed by atoms with Crippen molar-refractivity contribution in [2.75, 3.05) is 13.7 Å². The predicted molar refractivity (Wildman–Crippen MR) is 140 cm³/mol.